The molecule has 0 aliphatic carbocycles. The summed E-state index contributed by atoms with van der Waals surface area (Å²) >= 11 is 13.9. The van der Waals surface area contributed by atoms with Crippen molar-refractivity contribution in [1.82, 2.24) is 10.2 Å². The van der Waals surface area contributed by atoms with Crippen molar-refractivity contribution in [1.29, 1.82) is 0 Å². The number of halogens is 2. The molecule has 0 spiro atoms. The average Bonchev–Trinajstić information content (AvgIpc) is 2.68. The highest BCUT2D eigenvalue weighted by Gasteiger charge is 2.28. The number of carbonyl (C=O) groups excluding carboxylic acids is 2. The van der Waals surface area contributed by atoms with Crippen LogP contribution in [0, 0.1) is 13.8 Å². The largest absolute Gasteiger partial charge is 0.357 e. The maximum absolute atomic E-state index is 13.1. The van der Waals surface area contributed by atoms with E-state index in [4.69, 9.17) is 23.2 Å². The Morgan fingerprint density at radius 3 is 2.33 bits per heavy atom. The minimum atomic E-state index is -0.559. The smallest absolute Gasteiger partial charge is 0.242 e. The fourth-order valence-electron chi connectivity index (χ4n) is 3.41. The van der Waals surface area contributed by atoms with E-state index in [1.54, 1.807) is 41.9 Å². The maximum atomic E-state index is 13.1. The molecule has 0 bridgehead atoms. The lowest BCUT2D eigenvalue weighted by Gasteiger charge is -2.30. The molecule has 162 valence electrons. The summed E-state index contributed by atoms with van der Waals surface area (Å²) in [6, 6.07) is 11.0. The number of hydrogen-bond acceptors (Lipinski definition) is 3. The zero-order valence-electron chi connectivity index (χ0n) is 17.8. The summed E-state index contributed by atoms with van der Waals surface area (Å²) in [4.78, 5) is 27.2. The topological polar surface area (TPSA) is 49.4 Å². The van der Waals surface area contributed by atoms with Gasteiger partial charge in [0.2, 0.25) is 11.8 Å². The lowest BCUT2D eigenvalue weighted by Crippen LogP contribution is -2.48. The second-order valence-electron chi connectivity index (χ2n) is 7.28. The molecule has 0 heterocycles. The highest BCUT2D eigenvalue weighted by molar-refractivity contribution is 7.99. The normalized spacial score (nSPS) is 11.8. The van der Waals surface area contributed by atoms with Crippen LogP contribution >= 0.6 is 35.0 Å². The van der Waals surface area contributed by atoms with Gasteiger partial charge in [-0.05, 0) is 43.5 Å². The molecule has 0 aromatic heterocycles. The van der Waals surface area contributed by atoms with Crippen molar-refractivity contribution < 1.29 is 9.59 Å². The van der Waals surface area contributed by atoms with Crippen LogP contribution in [0.5, 0.6) is 0 Å². The first-order chi connectivity index (χ1) is 14.2. The van der Waals surface area contributed by atoms with Gasteiger partial charge >= 0.3 is 0 Å². The van der Waals surface area contributed by atoms with Gasteiger partial charge in [-0.25, -0.2) is 0 Å². The minimum Gasteiger partial charge on any atom is -0.357 e. The lowest BCUT2D eigenvalue weighted by atomic mass is 10.1. The second-order valence-corrected chi connectivity index (χ2v) is 9.11. The number of amides is 2. The Kier molecular flexibility index (Phi) is 9.53. The number of nitrogens with one attached hydrogen (secondary N) is 1. The quantitative estimate of drug-likeness (QED) is 0.538. The molecule has 7 heteroatoms. The number of thioether (sulfide) groups is 1. The van der Waals surface area contributed by atoms with E-state index in [1.165, 1.54) is 16.7 Å². The van der Waals surface area contributed by atoms with Gasteiger partial charge in [0, 0.05) is 29.4 Å². The molecule has 2 aromatic rings. The van der Waals surface area contributed by atoms with Gasteiger partial charge in [-0.3, -0.25) is 9.59 Å². The van der Waals surface area contributed by atoms with Crippen LogP contribution in [0.15, 0.2) is 36.4 Å². The first kappa shape index (κ1) is 24.6. The molecule has 4 nitrogen and oxygen atoms in total. The van der Waals surface area contributed by atoms with Crippen LogP contribution in [-0.2, 0) is 21.9 Å². The van der Waals surface area contributed by atoms with Crippen LogP contribution in [0.4, 0.5) is 0 Å². The van der Waals surface area contributed by atoms with Gasteiger partial charge < -0.3 is 10.2 Å². The molecule has 0 unspecified atom stereocenters. The number of benzene rings is 2. The molecule has 0 fully saturated rings. The molecule has 1 atom stereocenters. The number of hydrogen-bond donors (Lipinski definition) is 1. The first-order valence-electron chi connectivity index (χ1n) is 9.85. The summed E-state index contributed by atoms with van der Waals surface area (Å²) in [5.41, 5.74) is 4.37. The Morgan fingerprint density at radius 1 is 1.10 bits per heavy atom. The van der Waals surface area contributed by atoms with Gasteiger partial charge in [-0.2, -0.15) is 0 Å². The molecular formula is C23H28Cl2N2O2S. The maximum Gasteiger partial charge on any atom is 0.242 e. The third-order valence-corrected chi connectivity index (χ3v) is 6.34. The SMILES string of the molecule is CC[C@H](C(=O)NC)N(Cc1ccc(Cl)cc1Cl)C(=O)CSCc1cc(C)cc(C)c1. The molecule has 1 N–H and O–H groups in total. The zero-order valence-corrected chi connectivity index (χ0v) is 20.1. The highest BCUT2D eigenvalue weighted by Crippen LogP contribution is 2.24. The molecule has 2 aromatic carbocycles. The van der Waals surface area contributed by atoms with Crippen molar-refractivity contribution in [2.24, 2.45) is 0 Å². The van der Waals surface area contributed by atoms with E-state index in [0.717, 1.165) is 11.3 Å². The number of nitrogens with zero attached hydrogens (tertiary/aromatic N) is 1. The minimum absolute atomic E-state index is 0.0918. The van der Waals surface area contributed by atoms with Crippen LogP contribution in [0.2, 0.25) is 10.0 Å². The van der Waals surface area contributed by atoms with Gasteiger partial charge in [0.15, 0.2) is 0 Å². The van der Waals surface area contributed by atoms with E-state index in [0.29, 0.717) is 16.5 Å². The summed E-state index contributed by atoms with van der Waals surface area (Å²) < 4.78 is 0. The van der Waals surface area contributed by atoms with E-state index in [-0.39, 0.29) is 24.1 Å². The third-order valence-electron chi connectivity index (χ3n) is 4.76. The van der Waals surface area contributed by atoms with Gasteiger partial charge in [0.1, 0.15) is 6.04 Å². The zero-order chi connectivity index (χ0) is 22.3. The predicted octanol–water partition coefficient (Wildman–Crippen LogP) is 5.40. The van der Waals surface area contributed by atoms with Crippen molar-refractivity contribution in [3.8, 4) is 0 Å². The molecule has 0 radical (unpaired) electrons. The van der Waals surface area contributed by atoms with E-state index in [9.17, 15) is 9.59 Å². The fraction of sp³-hybridized carbons (Fsp3) is 0.391. The van der Waals surface area contributed by atoms with Crippen LogP contribution in [-0.4, -0.2) is 35.6 Å². The van der Waals surface area contributed by atoms with Crippen LogP contribution in [0.1, 0.15) is 35.6 Å². The predicted molar refractivity (Wildman–Crippen MR) is 127 cm³/mol. The van der Waals surface area contributed by atoms with Gasteiger partial charge in [0.25, 0.3) is 0 Å². The number of carbonyl (C=O) groups is 2. The molecule has 2 amide bonds. The van der Waals surface area contributed by atoms with Gasteiger partial charge in [-0.15, -0.1) is 11.8 Å². The standard InChI is InChI=1S/C23H28Cl2N2O2S/c1-5-21(23(29)26-4)27(12-18-6-7-19(24)11-20(18)25)22(28)14-30-13-17-9-15(2)8-16(3)10-17/h6-11,21H,5,12-14H2,1-4H3,(H,26,29)/t21-/m1/s1. The number of rotatable bonds is 9. The molecule has 0 aliphatic heterocycles. The van der Waals surface area contributed by atoms with Crippen molar-refractivity contribution in [2.45, 2.75) is 45.5 Å². The Hall–Kier alpha value is -1.69. The van der Waals surface area contributed by atoms with Gasteiger partial charge in [0.05, 0.1) is 5.75 Å². The molecule has 0 saturated carbocycles. The van der Waals surface area contributed by atoms with Crippen molar-refractivity contribution in [3.63, 3.8) is 0 Å². The molecular weight excluding hydrogens is 439 g/mol. The van der Waals surface area contributed by atoms with Crippen molar-refractivity contribution in [2.75, 3.05) is 12.8 Å². The Balaban J connectivity index is 2.15. The Labute approximate surface area is 193 Å². The van der Waals surface area contributed by atoms with Crippen LogP contribution < -0.4 is 5.32 Å². The Morgan fingerprint density at radius 2 is 1.77 bits per heavy atom. The third kappa shape index (κ3) is 6.93. The number of likely N-dealkylation sites (N-methyl/N-ethyl adjacent to an activating group) is 1. The Bertz CT molecular complexity index is 885. The molecule has 0 aliphatic rings. The van der Waals surface area contributed by atoms with Crippen molar-refractivity contribution in [3.05, 3.63) is 68.7 Å². The first-order valence-corrected chi connectivity index (χ1v) is 11.8. The van der Waals surface area contributed by atoms with Crippen LogP contribution in [0.25, 0.3) is 0 Å². The number of aryl methyl sites for hydroxylation is 2. The average molecular weight is 467 g/mol. The van der Waals surface area contributed by atoms with E-state index in [1.807, 2.05) is 6.92 Å². The summed E-state index contributed by atoms with van der Waals surface area (Å²) in [6.45, 7) is 6.29. The summed E-state index contributed by atoms with van der Waals surface area (Å²) in [5, 5.41) is 3.67. The summed E-state index contributed by atoms with van der Waals surface area (Å²) in [6.07, 6.45) is 0.512. The second kappa shape index (κ2) is 11.6. The fourth-order valence-corrected chi connectivity index (χ4v) is 4.72. The van der Waals surface area contributed by atoms with E-state index < -0.39 is 6.04 Å². The molecule has 2 rings (SSSR count). The van der Waals surface area contributed by atoms with Crippen LogP contribution in [0.3, 0.4) is 0 Å². The van der Waals surface area contributed by atoms with E-state index >= 15 is 0 Å². The summed E-state index contributed by atoms with van der Waals surface area (Å²) in [5.74, 6) is 0.743. The summed E-state index contributed by atoms with van der Waals surface area (Å²) in [7, 11) is 1.58. The molecule has 30 heavy (non-hydrogen) atoms. The van der Waals surface area contributed by atoms with Gasteiger partial charge in [-0.1, -0.05) is 65.5 Å². The highest BCUT2D eigenvalue weighted by atomic mass is 35.5. The molecule has 0 saturated heterocycles. The lowest BCUT2D eigenvalue weighted by molar-refractivity contribution is -0.139. The van der Waals surface area contributed by atoms with Crippen molar-refractivity contribution >= 4 is 46.8 Å². The monoisotopic (exact) mass is 466 g/mol. The van der Waals surface area contributed by atoms with E-state index in [2.05, 4.69) is 37.4 Å².